The number of azo groups is 2. The molecule has 0 heterocycles. The molecule has 0 amide bonds. The van der Waals surface area contributed by atoms with E-state index in [-0.39, 0.29) is 0 Å². The first-order valence-corrected chi connectivity index (χ1v) is 17.3. The highest BCUT2D eigenvalue weighted by Crippen LogP contribution is 2.34. The Kier molecular flexibility index (Phi) is 16.2. The summed E-state index contributed by atoms with van der Waals surface area (Å²) in [7, 11) is 0. The van der Waals surface area contributed by atoms with Crippen LogP contribution in [0.4, 0.5) is 0 Å². The highest BCUT2D eigenvalue weighted by molar-refractivity contribution is 7.99. The highest BCUT2D eigenvalue weighted by Gasteiger charge is 2.26. The Balaban J connectivity index is 1.52. The molecule has 2 fully saturated rings. The van der Waals surface area contributed by atoms with E-state index in [0.29, 0.717) is 24.2 Å². The fraction of sp³-hybridized carbons (Fsp3) is 1.00. The van der Waals surface area contributed by atoms with Crippen LogP contribution in [0.25, 0.3) is 0 Å². The molecule has 2 aliphatic carbocycles. The topological polar surface area (TPSA) is 49.4 Å². The van der Waals surface area contributed by atoms with Crippen LogP contribution in [0.1, 0.15) is 118 Å². The average molecular weight is 525 g/mol. The van der Waals surface area contributed by atoms with Gasteiger partial charge in [-0.15, -0.1) is 0 Å². The molecule has 4 atom stereocenters. The Hall–Kier alpha value is -0.100. The summed E-state index contributed by atoms with van der Waals surface area (Å²) in [6.45, 7) is 11.5. The standard InChI is InChI=1S/C29H56N4S2/c1-7-8-9-23(3)30-31-24(4)11-10-22(2)20-35-21-26-12-16-28(17-13-26)32-33-29-18-14-27(15-19-29)25(5)34-6/h22-29H,7-21H2,1-6H3. The second-order valence-electron chi connectivity index (χ2n) is 11.7. The molecule has 0 bridgehead atoms. The number of hydrogen-bond donors (Lipinski definition) is 0. The van der Waals surface area contributed by atoms with Crippen LogP contribution in [-0.4, -0.2) is 47.2 Å². The van der Waals surface area contributed by atoms with Crippen LogP contribution in [0.15, 0.2) is 20.5 Å². The van der Waals surface area contributed by atoms with Gasteiger partial charge in [0, 0.05) is 5.25 Å². The Morgan fingerprint density at radius 1 is 0.743 bits per heavy atom. The SMILES string of the molecule is CCCCC(C)N=NC(C)CCC(C)CSCC1CCC(N=NC2CCC(C(C)SC)CC2)CC1. The zero-order valence-corrected chi connectivity index (χ0v) is 25.5. The fourth-order valence-electron chi connectivity index (χ4n) is 5.38. The third kappa shape index (κ3) is 13.3. The van der Waals surface area contributed by atoms with Crippen molar-refractivity contribution < 1.29 is 0 Å². The average Bonchev–Trinajstić information content (AvgIpc) is 2.88. The van der Waals surface area contributed by atoms with E-state index in [4.69, 9.17) is 10.2 Å². The van der Waals surface area contributed by atoms with E-state index in [2.05, 4.69) is 62.9 Å². The molecule has 204 valence electrons. The van der Waals surface area contributed by atoms with Crippen molar-refractivity contribution in [1.29, 1.82) is 0 Å². The summed E-state index contributed by atoms with van der Waals surface area (Å²) < 4.78 is 0. The molecule has 35 heavy (non-hydrogen) atoms. The van der Waals surface area contributed by atoms with Crippen LogP contribution >= 0.6 is 23.5 Å². The van der Waals surface area contributed by atoms with Gasteiger partial charge in [-0.05, 0) is 120 Å². The molecule has 0 N–H and O–H groups in total. The Morgan fingerprint density at radius 2 is 1.31 bits per heavy atom. The molecule has 0 radical (unpaired) electrons. The minimum Gasteiger partial charge on any atom is -0.191 e. The van der Waals surface area contributed by atoms with Gasteiger partial charge in [0.05, 0.1) is 24.2 Å². The minimum absolute atomic E-state index is 0.366. The van der Waals surface area contributed by atoms with Crippen molar-refractivity contribution in [1.82, 2.24) is 0 Å². The predicted octanol–water partition coefficient (Wildman–Crippen LogP) is 9.88. The molecule has 0 aromatic heterocycles. The third-order valence-electron chi connectivity index (χ3n) is 8.26. The van der Waals surface area contributed by atoms with Crippen molar-refractivity contribution in [3.8, 4) is 0 Å². The molecule has 0 saturated heterocycles. The number of rotatable bonds is 16. The Bertz CT molecular complexity index is 583. The first kappa shape index (κ1) is 31.1. The number of thioether (sulfide) groups is 2. The van der Waals surface area contributed by atoms with Crippen LogP contribution < -0.4 is 0 Å². The van der Waals surface area contributed by atoms with E-state index in [1.807, 2.05) is 11.8 Å². The first-order valence-electron chi connectivity index (χ1n) is 14.8. The van der Waals surface area contributed by atoms with Gasteiger partial charge in [0.25, 0.3) is 0 Å². The Morgan fingerprint density at radius 3 is 1.89 bits per heavy atom. The summed E-state index contributed by atoms with van der Waals surface area (Å²) in [6, 6.07) is 1.75. The molecule has 4 unspecified atom stereocenters. The molecule has 4 nitrogen and oxygen atoms in total. The van der Waals surface area contributed by atoms with Crippen LogP contribution in [0, 0.1) is 17.8 Å². The largest absolute Gasteiger partial charge is 0.191 e. The summed E-state index contributed by atoms with van der Waals surface area (Å²) in [5.74, 6) is 5.17. The molecule has 0 spiro atoms. The van der Waals surface area contributed by atoms with Gasteiger partial charge in [0.1, 0.15) is 0 Å². The van der Waals surface area contributed by atoms with Gasteiger partial charge in [-0.25, -0.2) is 0 Å². The third-order valence-corrected chi connectivity index (χ3v) is 10.9. The number of hydrogen-bond acceptors (Lipinski definition) is 6. The first-order chi connectivity index (χ1) is 16.9. The lowest BCUT2D eigenvalue weighted by atomic mass is 9.84. The summed E-state index contributed by atoms with van der Waals surface area (Å²) in [5.41, 5.74) is 0. The van der Waals surface area contributed by atoms with E-state index in [9.17, 15) is 0 Å². The molecular weight excluding hydrogens is 468 g/mol. The summed E-state index contributed by atoms with van der Waals surface area (Å²) >= 11 is 4.20. The van der Waals surface area contributed by atoms with Gasteiger partial charge < -0.3 is 0 Å². The Labute approximate surface area is 226 Å². The monoisotopic (exact) mass is 524 g/mol. The molecule has 0 aliphatic heterocycles. The quantitative estimate of drug-likeness (QED) is 0.189. The molecule has 2 aliphatic rings. The normalized spacial score (nSPS) is 29.4. The highest BCUT2D eigenvalue weighted by atomic mass is 32.2. The molecular formula is C29H56N4S2. The lowest BCUT2D eigenvalue weighted by Crippen LogP contribution is -2.24. The van der Waals surface area contributed by atoms with Gasteiger partial charge in [-0.3, -0.25) is 0 Å². The molecule has 0 aromatic carbocycles. The predicted molar refractivity (Wildman–Crippen MR) is 158 cm³/mol. The van der Waals surface area contributed by atoms with Crippen molar-refractivity contribution in [3.05, 3.63) is 0 Å². The van der Waals surface area contributed by atoms with Crippen LogP contribution in [0.5, 0.6) is 0 Å². The summed E-state index contributed by atoms with van der Waals surface area (Å²) in [5, 5.41) is 19.5. The van der Waals surface area contributed by atoms with E-state index in [1.165, 1.54) is 95.0 Å². The van der Waals surface area contributed by atoms with Crippen LogP contribution in [0.2, 0.25) is 0 Å². The van der Waals surface area contributed by atoms with Crippen molar-refractivity contribution in [2.75, 3.05) is 17.8 Å². The number of unbranched alkanes of at least 4 members (excludes halogenated alkanes) is 1. The van der Waals surface area contributed by atoms with E-state index >= 15 is 0 Å². The van der Waals surface area contributed by atoms with Gasteiger partial charge in [-0.1, -0.05) is 33.6 Å². The van der Waals surface area contributed by atoms with E-state index in [0.717, 1.165) is 23.0 Å². The lowest BCUT2D eigenvalue weighted by Gasteiger charge is -2.30. The van der Waals surface area contributed by atoms with E-state index < -0.39 is 0 Å². The molecule has 6 heteroatoms. The maximum atomic E-state index is 4.82. The van der Waals surface area contributed by atoms with Crippen molar-refractivity contribution in [2.45, 2.75) is 148 Å². The molecule has 2 rings (SSSR count). The zero-order valence-electron chi connectivity index (χ0n) is 23.8. The summed E-state index contributed by atoms with van der Waals surface area (Å²) in [4.78, 5) is 0. The van der Waals surface area contributed by atoms with Crippen LogP contribution in [-0.2, 0) is 0 Å². The van der Waals surface area contributed by atoms with Gasteiger partial charge in [0.15, 0.2) is 0 Å². The van der Waals surface area contributed by atoms with Crippen molar-refractivity contribution >= 4 is 23.5 Å². The lowest BCUT2D eigenvalue weighted by molar-refractivity contribution is 0.306. The molecule has 0 aromatic rings. The maximum absolute atomic E-state index is 4.82. The van der Waals surface area contributed by atoms with Crippen LogP contribution in [0.3, 0.4) is 0 Å². The van der Waals surface area contributed by atoms with Crippen molar-refractivity contribution in [3.63, 3.8) is 0 Å². The molecule has 2 saturated carbocycles. The van der Waals surface area contributed by atoms with Gasteiger partial charge in [0.2, 0.25) is 0 Å². The van der Waals surface area contributed by atoms with Crippen molar-refractivity contribution in [2.24, 2.45) is 38.2 Å². The zero-order chi connectivity index (χ0) is 25.5. The number of nitrogens with zero attached hydrogens (tertiary/aromatic N) is 4. The second kappa shape index (κ2) is 18.2. The minimum atomic E-state index is 0.366. The van der Waals surface area contributed by atoms with E-state index in [1.54, 1.807) is 0 Å². The smallest absolute Gasteiger partial charge is 0.0708 e. The summed E-state index contributed by atoms with van der Waals surface area (Å²) in [6.07, 6.45) is 18.7. The van der Waals surface area contributed by atoms with Gasteiger partial charge >= 0.3 is 0 Å². The van der Waals surface area contributed by atoms with Gasteiger partial charge in [-0.2, -0.15) is 44.0 Å². The maximum Gasteiger partial charge on any atom is 0.0708 e. The second-order valence-corrected chi connectivity index (χ2v) is 14.0. The fourth-order valence-corrected chi connectivity index (χ4v) is 7.41.